The molecule has 4 aromatic carbocycles. The Labute approximate surface area is 195 Å². The van der Waals surface area contributed by atoms with Crippen molar-refractivity contribution in [2.45, 2.75) is 6.17 Å². The molecule has 0 aliphatic carbocycles. The quantitative estimate of drug-likeness (QED) is 0.458. The molecule has 1 atom stereocenters. The van der Waals surface area contributed by atoms with Crippen LogP contribution in [0.2, 0.25) is 0 Å². The number of hydrogen-bond acceptors (Lipinski definition) is 2. The summed E-state index contributed by atoms with van der Waals surface area (Å²) in [5.41, 5.74) is 3.49. The van der Waals surface area contributed by atoms with Gasteiger partial charge < -0.3 is 0 Å². The third kappa shape index (κ3) is 3.35. The van der Waals surface area contributed by atoms with E-state index in [1.54, 1.807) is 0 Å². The molecule has 33 heavy (non-hydrogen) atoms. The summed E-state index contributed by atoms with van der Waals surface area (Å²) in [6.45, 7) is 0. The van der Waals surface area contributed by atoms with Gasteiger partial charge in [0.1, 0.15) is 0 Å². The second-order valence-electron chi connectivity index (χ2n) is 8.51. The zero-order chi connectivity index (χ0) is 22.1. The first kappa shape index (κ1) is 19.9. The van der Waals surface area contributed by atoms with E-state index in [1.807, 2.05) is 12.4 Å². The van der Waals surface area contributed by atoms with E-state index in [4.69, 9.17) is 4.99 Å². The van der Waals surface area contributed by atoms with Gasteiger partial charge in [-0.05, 0) is 0 Å². The Morgan fingerprint density at radius 3 is 1.76 bits per heavy atom. The second kappa shape index (κ2) is 8.31. The van der Waals surface area contributed by atoms with Crippen LogP contribution in [0.15, 0.2) is 133 Å². The summed E-state index contributed by atoms with van der Waals surface area (Å²) < 4.78 is 0. The number of nitrogens with zero attached hydrogens (tertiary/aromatic N) is 1. The van der Waals surface area contributed by atoms with Gasteiger partial charge in [-0.15, -0.1) is 0 Å². The van der Waals surface area contributed by atoms with Crippen molar-refractivity contribution in [3.63, 3.8) is 0 Å². The molecule has 2 nitrogen and oxygen atoms in total. The number of nitrogens with one attached hydrogen (secondary N) is 1. The number of rotatable bonds is 2. The first-order valence-electron chi connectivity index (χ1n) is 11.3. The minimum atomic E-state index is -2.49. The van der Waals surface area contributed by atoms with Gasteiger partial charge in [0.2, 0.25) is 0 Å². The fraction of sp³-hybridized carbons (Fsp3) is 0.0333. The van der Waals surface area contributed by atoms with Crippen LogP contribution in [0.3, 0.4) is 0 Å². The van der Waals surface area contributed by atoms with Gasteiger partial charge in [0, 0.05) is 0 Å². The van der Waals surface area contributed by atoms with Crippen molar-refractivity contribution in [2.24, 2.45) is 4.99 Å². The summed E-state index contributed by atoms with van der Waals surface area (Å²) in [6, 6.07) is 40.3. The van der Waals surface area contributed by atoms with Crippen molar-refractivity contribution in [1.82, 2.24) is 5.32 Å². The molecule has 9 rings (SSSR count). The summed E-state index contributed by atoms with van der Waals surface area (Å²) in [5, 5.41) is 8.93. The van der Waals surface area contributed by atoms with Crippen LogP contribution in [0.4, 0.5) is 0 Å². The van der Waals surface area contributed by atoms with E-state index in [0.717, 1.165) is 5.56 Å². The van der Waals surface area contributed by atoms with Crippen molar-refractivity contribution < 1.29 is 0 Å². The molecule has 0 radical (unpaired) electrons. The molecule has 4 bridgehead atoms. The van der Waals surface area contributed by atoms with Gasteiger partial charge in [0.25, 0.3) is 0 Å². The molecule has 0 spiro atoms. The molecule has 5 heterocycles. The van der Waals surface area contributed by atoms with E-state index in [1.165, 1.54) is 32.4 Å². The van der Waals surface area contributed by atoms with Gasteiger partial charge in [0.05, 0.1) is 0 Å². The number of dihydropyridines is 1. The Kier molecular flexibility index (Phi) is 5.02. The standard InChI is InChI=1S/C30H25N2P/c1-3-8-25(9-4-1)33(26-10-5-2-6-11-26)27-17-13-23(14-18-27)22-32-30-29(12-7-21-31-30)24-15-19-28(33)20-16-24/h1-22,30-31,33H/b32-22+. The molecule has 160 valence electrons. The van der Waals surface area contributed by atoms with Gasteiger partial charge in [0.15, 0.2) is 0 Å². The fourth-order valence-electron chi connectivity index (χ4n) is 5.13. The molecule has 0 amide bonds. The molecule has 0 aromatic heterocycles. The summed E-state index contributed by atoms with van der Waals surface area (Å²) >= 11 is 0. The van der Waals surface area contributed by atoms with E-state index >= 15 is 0 Å². The van der Waals surface area contributed by atoms with Gasteiger partial charge in [-0.25, -0.2) is 0 Å². The molecule has 4 aromatic rings. The Hall–Kier alpha value is -3.74. The van der Waals surface area contributed by atoms with Crippen molar-refractivity contribution in [3.05, 3.63) is 139 Å². The third-order valence-electron chi connectivity index (χ3n) is 6.70. The van der Waals surface area contributed by atoms with Crippen LogP contribution in [0.5, 0.6) is 0 Å². The zero-order valence-corrected chi connectivity index (χ0v) is 19.2. The Morgan fingerprint density at radius 2 is 1.15 bits per heavy atom. The fourth-order valence-corrected chi connectivity index (χ4v) is 9.84. The minimum absolute atomic E-state index is 0.0912. The molecular formula is C30H25N2P. The van der Waals surface area contributed by atoms with Crippen LogP contribution in [-0.2, 0) is 0 Å². The zero-order valence-electron chi connectivity index (χ0n) is 18.2. The van der Waals surface area contributed by atoms with Crippen LogP contribution >= 0.6 is 7.26 Å². The van der Waals surface area contributed by atoms with E-state index in [9.17, 15) is 0 Å². The second-order valence-corrected chi connectivity index (χ2v) is 12.3. The maximum atomic E-state index is 4.87. The molecule has 1 N–H and O–H groups in total. The molecule has 5 aliphatic heterocycles. The first-order valence-corrected chi connectivity index (χ1v) is 13.3. The molecule has 5 aliphatic rings. The molecular weight excluding hydrogens is 419 g/mol. The van der Waals surface area contributed by atoms with Gasteiger partial charge in [-0.2, -0.15) is 0 Å². The van der Waals surface area contributed by atoms with E-state index in [2.05, 4.69) is 127 Å². The normalized spacial score (nSPS) is 19.8. The maximum absolute atomic E-state index is 4.87. The summed E-state index contributed by atoms with van der Waals surface area (Å²) in [5.74, 6) is 0. The Morgan fingerprint density at radius 1 is 0.606 bits per heavy atom. The summed E-state index contributed by atoms with van der Waals surface area (Å²) in [4.78, 5) is 4.87. The van der Waals surface area contributed by atoms with E-state index in [-0.39, 0.29) is 6.17 Å². The van der Waals surface area contributed by atoms with Crippen molar-refractivity contribution >= 4 is 40.3 Å². The van der Waals surface area contributed by atoms with Crippen LogP contribution in [-0.4, -0.2) is 12.4 Å². The SMILES string of the molecule is C1=CNC2/N=C/c3ccc(cc3)[PH](c3ccccc3)(c3ccccc3)c3ccc(cc3)C2=C1. The molecule has 0 saturated carbocycles. The molecule has 0 saturated heterocycles. The van der Waals surface area contributed by atoms with Gasteiger partial charge in [-0.1, -0.05) is 0 Å². The van der Waals surface area contributed by atoms with Crippen LogP contribution in [0.25, 0.3) is 5.57 Å². The molecule has 3 heteroatoms. The number of hydrogen-bond donors (Lipinski definition) is 1. The van der Waals surface area contributed by atoms with E-state index < -0.39 is 7.26 Å². The first-order chi connectivity index (χ1) is 16.4. The van der Waals surface area contributed by atoms with Crippen LogP contribution < -0.4 is 26.5 Å². The average Bonchev–Trinajstić information content (AvgIpc) is 2.93. The van der Waals surface area contributed by atoms with E-state index in [0.29, 0.717) is 0 Å². The number of aliphatic imine (C=N–C) groups is 1. The Balaban J connectivity index is 1.70. The predicted octanol–water partition coefficient (Wildman–Crippen LogP) is 4.30. The number of allylic oxidation sites excluding steroid dienone is 2. The third-order valence-corrected chi connectivity index (χ3v) is 11.5. The summed E-state index contributed by atoms with van der Waals surface area (Å²) in [6.07, 6.45) is 8.06. The van der Waals surface area contributed by atoms with Gasteiger partial charge in [-0.3, -0.25) is 0 Å². The monoisotopic (exact) mass is 444 g/mol. The topological polar surface area (TPSA) is 24.4 Å². The van der Waals surface area contributed by atoms with Crippen LogP contribution in [0.1, 0.15) is 11.1 Å². The van der Waals surface area contributed by atoms with Crippen molar-refractivity contribution in [2.75, 3.05) is 0 Å². The number of benzene rings is 4. The van der Waals surface area contributed by atoms with Crippen molar-refractivity contribution in [3.8, 4) is 0 Å². The molecule has 1 unspecified atom stereocenters. The van der Waals surface area contributed by atoms with Crippen LogP contribution in [0, 0.1) is 0 Å². The Bertz CT molecular complexity index is 1310. The average molecular weight is 445 g/mol. The molecule has 0 fully saturated rings. The predicted molar refractivity (Wildman–Crippen MR) is 144 cm³/mol. The van der Waals surface area contributed by atoms with Gasteiger partial charge >= 0.3 is 195 Å². The summed E-state index contributed by atoms with van der Waals surface area (Å²) in [7, 11) is -2.49. The van der Waals surface area contributed by atoms with Crippen molar-refractivity contribution in [1.29, 1.82) is 0 Å².